The standard InChI is InChI=1S/C12H25O4P/c1-7-8(2)10(4)12(11(5)9(7)3)16-17(13,14)15-6/h7-12H,1-6H3,(H,13,14). The van der Waals surface area contributed by atoms with Gasteiger partial charge in [0.2, 0.25) is 0 Å². The number of rotatable bonds is 3. The first-order valence-corrected chi connectivity index (χ1v) is 7.77. The van der Waals surface area contributed by atoms with E-state index in [4.69, 9.17) is 4.52 Å². The first-order valence-electron chi connectivity index (χ1n) is 6.28. The molecule has 1 aliphatic rings. The van der Waals surface area contributed by atoms with E-state index in [1.807, 2.05) is 0 Å². The smallest absolute Gasteiger partial charge is 0.302 e. The molecular weight excluding hydrogens is 239 g/mol. The Morgan fingerprint density at radius 3 is 1.59 bits per heavy atom. The highest BCUT2D eigenvalue weighted by molar-refractivity contribution is 7.47. The Labute approximate surface area is 104 Å². The van der Waals surface area contributed by atoms with Crippen LogP contribution in [0, 0.1) is 29.6 Å². The van der Waals surface area contributed by atoms with E-state index in [-0.39, 0.29) is 17.9 Å². The summed E-state index contributed by atoms with van der Waals surface area (Å²) in [5.74, 6) is 2.06. The van der Waals surface area contributed by atoms with E-state index in [9.17, 15) is 9.46 Å². The van der Waals surface area contributed by atoms with Crippen LogP contribution in [0.4, 0.5) is 0 Å². The van der Waals surface area contributed by atoms with E-state index < -0.39 is 7.82 Å². The third kappa shape index (κ3) is 3.11. The lowest BCUT2D eigenvalue weighted by molar-refractivity contribution is -0.0507. The average molecular weight is 264 g/mol. The fourth-order valence-electron chi connectivity index (χ4n) is 2.90. The molecule has 0 spiro atoms. The molecule has 1 N–H and O–H groups in total. The maximum absolute atomic E-state index is 11.5. The molecule has 0 radical (unpaired) electrons. The lowest BCUT2D eigenvalue weighted by atomic mass is 9.63. The van der Waals surface area contributed by atoms with Crippen molar-refractivity contribution in [3.8, 4) is 0 Å². The van der Waals surface area contributed by atoms with Gasteiger partial charge in [0, 0.05) is 7.11 Å². The Morgan fingerprint density at radius 2 is 1.24 bits per heavy atom. The molecule has 0 aromatic heterocycles. The Kier molecular flexibility index (Phi) is 4.81. The molecular formula is C12H25O4P. The van der Waals surface area contributed by atoms with Gasteiger partial charge in [0.05, 0.1) is 6.10 Å². The molecule has 1 fully saturated rings. The molecule has 0 aromatic rings. The van der Waals surface area contributed by atoms with E-state index in [1.54, 1.807) is 0 Å². The molecule has 4 nitrogen and oxygen atoms in total. The third-order valence-electron chi connectivity index (χ3n) is 4.84. The molecule has 5 unspecified atom stereocenters. The highest BCUT2D eigenvalue weighted by Gasteiger charge is 2.44. The van der Waals surface area contributed by atoms with Crippen molar-refractivity contribution in [2.75, 3.05) is 7.11 Å². The largest absolute Gasteiger partial charge is 0.472 e. The summed E-state index contributed by atoms with van der Waals surface area (Å²) in [6, 6.07) is 0. The van der Waals surface area contributed by atoms with E-state index in [2.05, 4.69) is 39.1 Å². The van der Waals surface area contributed by atoms with E-state index in [0.717, 1.165) is 0 Å². The molecule has 17 heavy (non-hydrogen) atoms. The van der Waals surface area contributed by atoms with Crippen LogP contribution in [0.3, 0.4) is 0 Å². The topological polar surface area (TPSA) is 55.8 Å². The minimum atomic E-state index is -3.89. The minimum Gasteiger partial charge on any atom is -0.302 e. The molecule has 0 saturated heterocycles. The maximum Gasteiger partial charge on any atom is 0.472 e. The molecule has 1 saturated carbocycles. The van der Waals surface area contributed by atoms with Gasteiger partial charge >= 0.3 is 7.82 Å². The zero-order chi connectivity index (χ0) is 13.4. The number of phosphoric ester groups is 1. The Hall–Kier alpha value is 0.110. The lowest BCUT2D eigenvalue weighted by Crippen LogP contribution is -2.45. The number of hydrogen-bond donors (Lipinski definition) is 1. The number of hydrogen-bond acceptors (Lipinski definition) is 3. The van der Waals surface area contributed by atoms with Gasteiger partial charge in [0.1, 0.15) is 0 Å². The van der Waals surface area contributed by atoms with Crippen LogP contribution in [0.5, 0.6) is 0 Å². The van der Waals surface area contributed by atoms with E-state index in [0.29, 0.717) is 17.8 Å². The van der Waals surface area contributed by atoms with Crippen molar-refractivity contribution in [2.45, 2.75) is 40.7 Å². The highest BCUT2D eigenvalue weighted by atomic mass is 31.2. The van der Waals surface area contributed by atoms with Gasteiger partial charge in [-0.05, 0) is 29.6 Å². The van der Waals surface area contributed by atoms with Crippen LogP contribution < -0.4 is 0 Å². The summed E-state index contributed by atoms with van der Waals surface area (Å²) in [7, 11) is -2.69. The highest BCUT2D eigenvalue weighted by Crippen LogP contribution is 2.51. The Morgan fingerprint density at radius 1 is 0.882 bits per heavy atom. The molecule has 0 bridgehead atoms. The molecule has 5 heteroatoms. The third-order valence-corrected chi connectivity index (χ3v) is 5.81. The van der Waals surface area contributed by atoms with Crippen LogP contribution >= 0.6 is 7.82 Å². The molecule has 102 valence electrons. The van der Waals surface area contributed by atoms with Gasteiger partial charge in [-0.3, -0.25) is 9.05 Å². The zero-order valence-electron chi connectivity index (χ0n) is 11.6. The molecule has 0 heterocycles. The van der Waals surface area contributed by atoms with Crippen molar-refractivity contribution in [2.24, 2.45) is 29.6 Å². The van der Waals surface area contributed by atoms with Gasteiger partial charge in [0.15, 0.2) is 0 Å². The molecule has 1 rings (SSSR count). The second-order valence-electron chi connectivity index (χ2n) is 5.52. The molecule has 0 aliphatic heterocycles. The Bertz CT molecular complexity index is 291. The van der Waals surface area contributed by atoms with Gasteiger partial charge in [-0.2, -0.15) is 0 Å². The molecule has 5 atom stereocenters. The maximum atomic E-state index is 11.5. The van der Waals surface area contributed by atoms with E-state index >= 15 is 0 Å². The van der Waals surface area contributed by atoms with Gasteiger partial charge in [0.25, 0.3) is 0 Å². The fourth-order valence-corrected chi connectivity index (χ4v) is 3.68. The quantitative estimate of drug-likeness (QED) is 0.794. The van der Waals surface area contributed by atoms with Crippen LogP contribution in [0.15, 0.2) is 0 Å². The monoisotopic (exact) mass is 264 g/mol. The summed E-state index contributed by atoms with van der Waals surface area (Å²) in [4.78, 5) is 9.46. The van der Waals surface area contributed by atoms with E-state index in [1.165, 1.54) is 7.11 Å². The zero-order valence-corrected chi connectivity index (χ0v) is 12.5. The Balaban J connectivity index is 2.87. The first kappa shape index (κ1) is 15.2. The predicted octanol–water partition coefficient (Wildman–Crippen LogP) is 3.31. The summed E-state index contributed by atoms with van der Waals surface area (Å²) in [6.45, 7) is 10.8. The van der Waals surface area contributed by atoms with Crippen LogP contribution in [0.1, 0.15) is 34.6 Å². The lowest BCUT2D eigenvalue weighted by Gasteiger charge is -2.46. The van der Waals surface area contributed by atoms with Crippen molar-refractivity contribution in [3.05, 3.63) is 0 Å². The van der Waals surface area contributed by atoms with Crippen molar-refractivity contribution in [3.63, 3.8) is 0 Å². The minimum absolute atomic E-state index is 0.216. The predicted molar refractivity (Wildman–Crippen MR) is 67.5 cm³/mol. The fraction of sp³-hybridized carbons (Fsp3) is 1.00. The van der Waals surface area contributed by atoms with Gasteiger partial charge in [-0.1, -0.05) is 34.6 Å². The summed E-state index contributed by atoms with van der Waals surface area (Å²) < 4.78 is 21.4. The van der Waals surface area contributed by atoms with Crippen molar-refractivity contribution >= 4 is 7.82 Å². The van der Waals surface area contributed by atoms with Crippen molar-refractivity contribution in [1.29, 1.82) is 0 Å². The normalized spacial score (nSPS) is 46.5. The van der Waals surface area contributed by atoms with Crippen molar-refractivity contribution in [1.82, 2.24) is 0 Å². The molecule has 1 aliphatic carbocycles. The second kappa shape index (κ2) is 5.40. The molecule has 0 amide bonds. The summed E-state index contributed by atoms with van der Waals surface area (Å²) in [5.41, 5.74) is 0. The number of phosphoric acid groups is 1. The van der Waals surface area contributed by atoms with Gasteiger partial charge in [-0.15, -0.1) is 0 Å². The van der Waals surface area contributed by atoms with Crippen molar-refractivity contribution < 1.29 is 18.5 Å². The van der Waals surface area contributed by atoms with Crippen LogP contribution in [-0.2, 0) is 13.6 Å². The second-order valence-corrected chi connectivity index (χ2v) is 7.03. The van der Waals surface area contributed by atoms with Crippen LogP contribution in [0.2, 0.25) is 0 Å². The van der Waals surface area contributed by atoms with Gasteiger partial charge in [-0.25, -0.2) is 4.57 Å². The van der Waals surface area contributed by atoms with Crippen LogP contribution in [-0.4, -0.2) is 18.1 Å². The summed E-state index contributed by atoms with van der Waals surface area (Å²) >= 11 is 0. The van der Waals surface area contributed by atoms with Gasteiger partial charge < -0.3 is 4.89 Å². The van der Waals surface area contributed by atoms with Crippen LogP contribution in [0.25, 0.3) is 0 Å². The molecule has 0 aromatic carbocycles. The summed E-state index contributed by atoms with van der Waals surface area (Å²) in [6.07, 6.45) is -0.216. The SMILES string of the molecule is COP(=O)(O)OC1C(C)C(C)C(C)C(C)C1C. The summed E-state index contributed by atoms with van der Waals surface area (Å²) in [5, 5.41) is 0. The first-order chi connectivity index (χ1) is 7.71. The average Bonchev–Trinajstić information content (AvgIpc) is 2.30.